The van der Waals surface area contributed by atoms with Crippen molar-refractivity contribution in [3.05, 3.63) is 46.8 Å². The minimum Gasteiger partial charge on any atom is -0.376 e. The quantitative estimate of drug-likeness (QED) is 0.663. The number of aryl methyl sites for hydroxylation is 2. The Morgan fingerprint density at radius 1 is 1.15 bits per heavy atom. The Bertz CT molecular complexity index is 1090. The maximum absolute atomic E-state index is 13.4. The van der Waals surface area contributed by atoms with E-state index in [-0.39, 0.29) is 41.7 Å². The molecule has 2 aliphatic heterocycles. The summed E-state index contributed by atoms with van der Waals surface area (Å²) in [5.41, 5.74) is 2.41. The highest BCUT2D eigenvalue weighted by Gasteiger charge is 2.36. The van der Waals surface area contributed by atoms with E-state index in [1.54, 1.807) is 13.0 Å². The molecule has 4 rings (SSSR count). The number of rotatable bonds is 7. The van der Waals surface area contributed by atoms with Gasteiger partial charge in [0.05, 0.1) is 6.10 Å². The molecule has 0 saturated carbocycles. The van der Waals surface area contributed by atoms with E-state index >= 15 is 0 Å². The number of carbonyl (C=O) groups is 1. The summed E-state index contributed by atoms with van der Waals surface area (Å²) < 4.78 is 39.1. The summed E-state index contributed by atoms with van der Waals surface area (Å²) >= 11 is 0. The molecule has 0 radical (unpaired) electrons. The van der Waals surface area contributed by atoms with Gasteiger partial charge in [-0.3, -0.25) is 4.79 Å². The van der Waals surface area contributed by atoms with Crippen LogP contribution in [0.15, 0.2) is 33.7 Å². The van der Waals surface area contributed by atoms with Gasteiger partial charge < -0.3 is 14.6 Å². The van der Waals surface area contributed by atoms with E-state index in [4.69, 9.17) is 9.26 Å². The van der Waals surface area contributed by atoms with Gasteiger partial charge >= 0.3 is 0 Å². The Morgan fingerprint density at radius 2 is 1.88 bits per heavy atom. The SMILES string of the molecule is Cc1ccc(/C=C/c2onc(C)c2S(=O)(=O)N2CCC(C(=O)NC[C@H]3CCCO3)CC2)cc1. The van der Waals surface area contributed by atoms with Gasteiger partial charge in [-0.05, 0) is 51.2 Å². The van der Waals surface area contributed by atoms with Crippen molar-refractivity contribution in [1.82, 2.24) is 14.8 Å². The molecular formula is C24H31N3O5S. The van der Waals surface area contributed by atoms with E-state index < -0.39 is 10.0 Å². The molecule has 3 heterocycles. The molecule has 2 saturated heterocycles. The van der Waals surface area contributed by atoms with Crippen molar-refractivity contribution in [2.75, 3.05) is 26.2 Å². The second-order valence-corrected chi connectivity index (χ2v) is 10.6. The Balaban J connectivity index is 1.40. The minimum atomic E-state index is -3.79. The van der Waals surface area contributed by atoms with Crippen LogP contribution in [0.5, 0.6) is 0 Å². The zero-order valence-electron chi connectivity index (χ0n) is 19.1. The number of amides is 1. The molecule has 8 nitrogen and oxygen atoms in total. The van der Waals surface area contributed by atoms with Gasteiger partial charge in [0.1, 0.15) is 5.69 Å². The molecule has 9 heteroatoms. The minimum absolute atomic E-state index is 0.0228. The Kier molecular flexibility index (Phi) is 7.31. The maximum atomic E-state index is 13.4. The van der Waals surface area contributed by atoms with Crippen LogP contribution < -0.4 is 5.32 Å². The maximum Gasteiger partial charge on any atom is 0.248 e. The molecule has 2 aliphatic rings. The van der Waals surface area contributed by atoms with Crippen LogP contribution >= 0.6 is 0 Å². The highest BCUT2D eigenvalue weighted by Crippen LogP contribution is 2.29. The van der Waals surface area contributed by atoms with E-state index in [0.29, 0.717) is 25.1 Å². The van der Waals surface area contributed by atoms with Gasteiger partial charge in [0.25, 0.3) is 0 Å². The second kappa shape index (κ2) is 10.2. The number of benzene rings is 1. The number of hydrogen-bond acceptors (Lipinski definition) is 6. The van der Waals surface area contributed by atoms with Crippen molar-refractivity contribution in [2.45, 2.75) is 50.5 Å². The van der Waals surface area contributed by atoms with E-state index in [9.17, 15) is 13.2 Å². The Labute approximate surface area is 195 Å². The zero-order valence-corrected chi connectivity index (χ0v) is 19.9. The van der Waals surface area contributed by atoms with Crippen LogP contribution in [0, 0.1) is 19.8 Å². The first-order valence-electron chi connectivity index (χ1n) is 11.4. The number of sulfonamides is 1. The van der Waals surface area contributed by atoms with Crippen LogP contribution in [0.4, 0.5) is 0 Å². The number of ether oxygens (including phenoxy) is 1. The highest BCUT2D eigenvalue weighted by molar-refractivity contribution is 7.89. The Hall–Kier alpha value is -2.49. The predicted octanol–water partition coefficient (Wildman–Crippen LogP) is 3.16. The van der Waals surface area contributed by atoms with Crippen LogP contribution in [-0.4, -0.2) is 56.1 Å². The average molecular weight is 474 g/mol. The summed E-state index contributed by atoms with van der Waals surface area (Å²) in [5.74, 6) is -0.00254. The van der Waals surface area contributed by atoms with Crippen molar-refractivity contribution in [3.8, 4) is 0 Å². The molecule has 1 N–H and O–H groups in total. The normalized spacial score (nSPS) is 20.5. The third kappa shape index (κ3) is 5.54. The summed E-state index contributed by atoms with van der Waals surface area (Å²) in [6, 6.07) is 7.89. The third-order valence-corrected chi connectivity index (χ3v) is 8.35. The van der Waals surface area contributed by atoms with Crippen LogP contribution in [0.2, 0.25) is 0 Å². The predicted molar refractivity (Wildman–Crippen MR) is 125 cm³/mol. The zero-order chi connectivity index (χ0) is 23.4. The van der Waals surface area contributed by atoms with Crippen LogP contribution in [0.25, 0.3) is 12.2 Å². The molecular weight excluding hydrogens is 442 g/mol. The first-order valence-corrected chi connectivity index (χ1v) is 12.9. The molecule has 33 heavy (non-hydrogen) atoms. The van der Waals surface area contributed by atoms with Crippen molar-refractivity contribution < 1.29 is 22.5 Å². The number of carbonyl (C=O) groups excluding carboxylic acids is 1. The summed E-state index contributed by atoms with van der Waals surface area (Å²) in [5, 5.41) is 6.86. The lowest BCUT2D eigenvalue weighted by Crippen LogP contribution is -2.44. The number of piperidine rings is 1. The fourth-order valence-electron chi connectivity index (χ4n) is 4.30. The van der Waals surface area contributed by atoms with Gasteiger partial charge in [0, 0.05) is 32.2 Å². The fraction of sp³-hybridized carbons (Fsp3) is 0.500. The first kappa shape index (κ1) is 23.7. The molecule has 0 aliphatic carbocycles. The number of aromatic nitrogens is 1. The van der Waals surface area contributed by atoms with Crippen molar-refractivity contribution in [2.24, 2.45) is 5.92 Å². The molecule has 1 amide bonds. The van der Waals surface area contributed by atoms with E-state index in [1.807, 2.05) is 37.3 Å². The van der Waals surface area contributed by atoms with Crippen molar-refractivity contribution >= 4 is 28.1 Å². The lowest BCUT2D eigenvalue weighted by Gasteiger charge is -2.30. The third-order valence-electron chi connectivity index (χ3n) is 6.29. The van der Waals surface area contributed by atoms with Crippen molar-refractivity contribution in [1.29, 1.82) is 0 Å². The molecule has 178 valence electrons. The molecule has 1 atom stereocenters. The van der Waals surface area contributed by atoms with E-state index in [0.717, 1.165) is 30.6 Å². The first-order chi connectivity index (χ1) is 15.8. The molecule has 1 aromatic heterocycles. The summed E-state index contributed by atoms with van der Waals surface area (Å²) in [6.45, 7) is 5.48. The lowest BCUT2D eigenvalue weighted by molar-refractivity contribution is -0.126. The van der Waals surface area contributed by atoms with Gasteiger partial charge in [0.2, 0.25) is 15.9 Å². The number of hydrogen-bond donors (Lipinski definition) is 1. The largest absolute Gasteiger partial charge is 0.376 e. The lowest BCUT2D eigenvalue weighted by atomic mass is 9.97. The van der Waals surface area contributed by atoms with Crippen LogP contribution in [0.1, 0.15) is 48.3 Å². The highest BCUT2D eigenvalue weighted by atomic mass is 32.2. The molecule has 1 aromatic carbocycles. The standard InChI is InChI=1S/C24H31N3O5S/c1-17-5-7-19(8-6-17)9-10-22-23(18(2)26-32-22)33(29,30)27-13-11-20(12-14-27)24(28)25-16-21-4-3-15-31-21/h5-10,20-21H,3-4,11-16H2,1-2H3,(H,25,28)/b10-9+/t21-/m1/s1. The molecule has 0 unspecified atom stereocenters. The van der Waals surface area contributed by atoms with E-state index in [1.165, 1.54) is 4.31 Å². The van der Waals surface area contributed by atoms with Crippen LogP contribution in [0.3, 0.4) is 0 Å². The van der Waals surface area contributed by atoms with Crippen LogP contribution in [-0.2, 0) is 19.6 Å². The average Bonchev–Trinajstić information content (AvgIpc) is 3.47. The van der Waals surface area contributed by atoms with Gasteiger partial charge in [-0.15, -0.1) is 0 Å². The Morgan fingerprint density at radius 3 is 2.55 bits per heavy atom. The second-order valence-electron chi connectivity index (χ2n) is 8.76. The van der Waals surface area contributed by atoms with Gasteiger partial charge in [0.15, 0.2) is 10.7 Å². The van der Waals surface area contributed by atoms with Gasteiger partial charge in [-0.2, -0.15) is 4.31 Å². The smallest absolute Gasteiger partial charge is 0.248 e. The van der Waals surface area contributed by atoms with Gasteiger partial charge in [-0.1, -0.05) is 41.1 Å². The van der Waals surface area contributed by atoms with Gasteiger partial charge in [-0.25, -0.2) is 8.42 Å². The molecule has 0 spiro atoms. The topological polar surface area (TPSA) is 102 Å². The molecule has 0 bridgehead atoms. The number of nitrogens with one attached hydrogen (secondary N) is 1. The summed E-state index contributed by atoms with van der Waals surface area (Å²) in [6.07, 6.45) is 6.51. The molecule has 2 fully saturated rings. The van der Waals surface area contributed by atoms with E-state index in [2.05, 4.69) is 10.5 Å². The number of nitrogens with zero attached hydrogens (tertiary/aromatic N) is 2. The summed E-state index contributed by atoms with van der Waals surface area (Å²) in [7, 11) is -3.79. The van der Waals surface area contributed by atoms with Crippen molar-refractivity contribution in [3.63, 3.8) is 0 Å². The molecule has 2 aromatic rings. The monoisotopic (exact) mass is 473 g/mol. The summed E-state index contributed by atoms with van der Waals surface area (Å²) in [4.78, 5) is 12.6. The fourth-order valence-corrected chi connectivity index (χ4v) is 6.02.